The third-order valence-corrected chi connectivity index (χ3v) is 2.53. The minimum absolute atomic E-state index is 0.0827. The van der Waals surface area contributed by atoms with Crippen molar-refractivity contribution in [2.75, 3.05) is 0 Å². The summed E-state index contributed by atoms with van der Waals surface area (Å²) in [6, 6.07) is 8.16. The summed E-state index contributed by atoms with van der Waals surface area (Å²) in [5.74, 6) is 0. The van der Waals surface area contributed by atoms with Gasteiger partial charge in [0.25, 0.3) is 0 Å². The summed E-state index contributed by atoms with van der Waals surface area (Å²) in [4.78, 5) is 0. The van der Waals surface area contributed by atoms with Gasteiger partial charge in [-0.2, -0.15) is 0 Å². The minimum atomic E-state index is 0.0827. The van der Waals surface area contributed by atoms with Gasteiger partial charge in [0.1, 0.15) is 0 Å². The molecule has 0 radical (unpaired) electrons. The summed E-state index contributed by atoms with van der Waals surface area (Å²) < 4.78 is 0.579. The average Bonchev–Trinajstić information content (AvgIpc) is 2.25. The van der Waals surface area contributed by atoms with Crippen molar-refractivity contribution in [2.45, 2.75) is 19.4 Å². The van der Waals surface area contributed by atoms with Crippen LogP contribution in [0.5, 0.6) is 0 Å². The molecule has 3 heteroatoms. The van der Waals surface area contributed by atoms with Gasteiger partial charge < -0.3 is 5.73 Å². The molecule has 0 saturated heterocycles. The van der Waals surface area contributed by atoms with E-state index in [9.17, 15) is 0 Å². The summed E-state index contributed by atoms with van der Waals surface area (Å²) >= 11 is 8.93. The molecule has 0 aliphatic carbocycles. The first-order chi connectivity index (χ1) is 7.15. The fourth-order valence-electron chi connectivity index (χ4n) is 1.38. The fraction of sp³-hybridized carbons (Fsp3) is 0.250. The molecule has 15 heavy (non-hydrogen) atoms. The first-order valence-corrected chi connectivity index (χ1v) is 5.76. The Bertz CT molecular complexity index is 372. The van der Waals surface area contributed by atoms with Gasteiger partial charge in [0.05, 0.1) is 4.20 Å². The molecule has 1 atom stereocenters. The van der Waals surface area contributed by atoms with Gasteiger partial charge >= 0.3 is 0 Å². The zero-order chi connectivity index (χ0) is 11.3. The van der Waals surface area contributed by atoms with Crippen LogP contribution in [0.3, 0.4) is 0 Å². The van der Waals surface area contributed by atoms with Gasteiger partial charge in [-0.05, 0) is 23.6 Å². The third-order valence-electron chi connectivity index (χ3n) is 2.24. The predicted molar refractivity (Wildman–Crippen MR) is 74.3 cm³/mol. The summed E-state index contributed by atoms with van der Waals surface area (Å²) in [5.41, 5.74) is 8.28. The molecule has 0 amide bonds. The van der Waals surface area contributed by atoms with Crippen LogP contribution in [0.4, 0.5) is 0 Å². The van der Waals surface area contributed by atoms with Crippen molar-refractivity contribution in [1.29, 1.82) is 0 Å². The van der Waals surface area contributed by atoms with E-state index in [0.717, 1.165) is 17.5 Å². The van der Waals surface area contributed by atoms with Gasteiger partial charge in [-0.25, -0.2) is 0 Å². The summed E-state index contributed by atoms with van der Waals surface area (Å²) in [7, 11) is 0. The monoisotopic (exact) mass is 237 g/mol. The number of rotatable bonds is 4. The quantitative estimate of drug-likeness (QED) is 0.477. The van der Waals surface area contributed by atoms with E-state index in [1.54, 1.807) is 6.08 Å². The lowest BCUT2D eigenvalue weighted by Gasteiger charge is -2.12. The second-order valence-electron chi connectivity index (χ2n) is 3.32. The highest BCUT2D eigenvalue weighted by Crippen LogP contribution is 2.19. The smallest absolute Gasteiger partial charge is 0.0675 e. The van der Waals surface area contributed by atoms with Gasteiger partial charge in [-0.15, -0.1) is 12.6 Å². The van der Waals surface area contributed by atoms with Crippen LogP contribution < -0.4 is 5.73 Å². The van der Waals surface area contributed by atoms with Crippen LogP contribution in [-0.2, 0) is 0 Å². The number of hydrogen-bond acceptors (Lipinski definition) is 2. The highest BCUT2D eigenvalue weighted by molar-refractivity contribution is 8.11. The van der Waals surface area contributed by atoms with E-state index in [1.165, 1.54) is 0 Å². The Balaban J connectivity index is 3.01. The fourth-order valence-corrected chi connectivity index (χ4v) is 1.52. The number of benzene rings is 1. The highest BCUT2D eigenvalue weighted by Gasteiger charge is 2.05. The largest absolute Gasteiger partial charge is 0.324 e. The number of hydrogen-bond donors (Lipinski definition) is 2. The van der Waals surface area contributed by atoms with Crippen molar-refractivity contribution in [1.82, 2.24) is 0 Å². The Morgan fingerprint density at radius 3 is 2.80 bits per heavy atom. The molecule has 0 fully saturated rings. The van der Waals surface area contributed by atoms with Crippen LogP contribution in [-0.4, -0.2) is 4.20 Å². The van der Waals surface area contributed by atoms with Crippen molar-refractivity contribution in [3.63, 3.8) is 0 Å². The maximum atomic E-state index is 6.02. The topological polar surface area (TPSA) is 26.0 Å². The van der Waals surface area contributed by atoms with E-state index < -0.39 is 0 Å². The lowest BCUT2D eigenvalue weighted by molar-refractivity contribution is 0.697. The van der Waals surface area contributed by atoms with Crippen molar-refractivity contribution in [2.24, 2.45) is 5.73 Å². The summed E-state index contributed by atoms with van der Waals surface area (Å²) in [6.45, 7) is 2.08. The Morgan fingerprint density at radius 2 is 2.20 bits per heavy atom. The van der Waals surface area contributed by atoms with Gasteiger partial charge in [0.15, 0.2) is 0 Å². The van der Waals surface area contributed by atoms with E-state index in [-0.39, 0.29) is 6.04 Å². The Morgan fingerprint density at radius 1 is 1.53 bits per heavy atom. The highest BCUT2D eigenvalue weighted by atomic mass is 32.1. The van der Waals surface area contributed by atoms with Crippen molar-refractivity contribution < 1.29 is 0 Å². The molecule has 1 aromatic rings. The molecule has 0 aliphatic heterocycles. The molecular formula is C12H15NS2. The van der Waals surface area contributed by atoms with Gasteiger partial charge in [0.2, 0.25) is 0 Å². The van der Waals surface area contributed by atoms with Gasteiger partial charge in [0, 0.05) is 6.04 Å². The summed E-state index contributed by atoms with van der Waals surface area (Å²) in [5, 5.41) is 0. The van der Waals surface area contributed by atoms with Crippen LogP contribution in [0, 0.1) is 0 Å². The molecule has 1 unspecified atom stereocenters. The van der Waals surface area contributed by atoms with Crippen LogP contribution >= 0.6 is 24.8 Å². The Labute approximate surface area is 102 Å². The maximum Gasteiger partial charge on any atom is 0.0675 e. The lowest BCUT2D eigenvalue weighted by Crippen LogP contribution is -2.09. The van der Waals surface area contributed by atoms with E-state index in [0.29, 0.717) is 4.20 Å². The van der Waals surface area contributed by atoms with Crippen molar-refractivity contribution in [3.05, 3.63) is 41.5 Å². The number of nitrogens with two attached hydrogens (primary N) is 1. The Kier molecular flexibility index (Phi) is 5.02. The molecule has 0 heterocycles. The number of thiol groups is 1. The van der Waals surface area contributed by atoms with Gasteiger partial charge in [-0.1, -0.05) is 49.5 Å². The predicted octanol–water partition coefficient (Wildman–Crippen LogP) is 3.37. The molecule has 1 rings (SSSR count). The van der Waals surface area contributed by atoms with E-state index >= 15 is 0 Å². The molecule has 2 N–H and O–H groups in total. The van der Waals surface area contributed by atoms with E-state index in [1.807, 2.05) is 24.3 Å². The van der Waals surface area contributed by atoms with E-state index in [2.05, 4.69) is 25.6 Å². The van der Waals surface area contributed by atoms with Crippen LogP contribution in [0.15, 0.2) is 30.3 Å². The maximum absolute atomic E-state index is 6.02. The average molecular weight is 237 g/mol. The van der Waals surface area contributed by atoms with Crippen LogP contribution in [0.1, 0.15) is 30.5 Å². The SMILES string of the molecule is CCC(N)c1ccccc1/C=C/C(=S)S. The van der Waals surface area contributed by atoms with Crippen LogP contribution in [0.2, 0.25) is 0 Å². The zero-order valence-electron chi connectivity index (χ0n) is 8.68. The first kappa shape index (κ1) is 12.4. The zero-order valence-corrected chi connectivity index (χ0v) is 10.4. The second-order valence-corrected chi connectivity index (χ2v) is 4.54. The van der Waals surface area contributed by atoms with E-state index in [4.69, 9.17) is 18.0 Å². The van der Waals surface area contributed by atoms with Crippen molar-refractivity contribution in [3.8, 4) is 0 Å². The lowest BCUT2D eigenvalue weighted by atomic mass is 9.99. The van der Waals surface area contributed by atoms with Crippen molar-refractivity contribution >= 4 is 35.1 Å². The molecule has 1 aromatic carbocycles. The normalized spacial score (nSPS) is 13.0. The summed E-state index contributed by atoms with van der Waals surface area (Å²) in [6.07, 6.45) is 4.69. The molecular weight excluding hydrogens is 222 g/mol. The standard InChI is InChI=1S/C12H15NS2/c1-2-11(13)10-6-4-3-5-9(10)7-8-12(14)15/h3-8,11H,2,13H2,1H3,(H,14,15)/b8-7+. The molecule has 80 valence electrons. The first-order valence-electron chi connectivity index (χ1n) is 4.90. The molecule has 0 saturated carbocycles. The Hall–Kier alpha value is -0.640. The third kappa shape index (κ3) is 3.78. The second kappa shape index (κ2) is 6.05. The number of thiocarbonyl (C=S) groups is 1. The van der Waals surface area contributed by atoms with Gasteiger partial charge in [-0.3, -0.25) is 0 Å². The molecule has 1 nitrogen and oxygen atoms in total. The minimum Gasteiger partial charge on any atom is -0.324 e. The van der Waals surface area contributed by atoms with Crippen LogP contribution in [0.25, 0.3) is 6.08 Å². The molecule has 0 bridgehead atoms. The molecule has 0 aromatic heterocycles. The molecule has 0 spiro atoms. The molecule has 0 aliphatic rings.